The molecule has 2 aromatic carbocycles. The minimum absolute atomic E-state index is 0.00124. The molecule has 0 radical (unpaired) electrons. The molecule has 2 aromatic heterocycles. The van der Waals surface area contributed by atoms with Crippen LogP contribution in [0, 0.1) is 5.92 Å². The first-order valence-corrected chi connectivity index (χ1v) is 15.3. The lowest BCUT2D eigenvalue weighted by Crippen LogP contribution is -2.46. The number of rotatable bonds is 5. The van der Waals surface area contributed by atoms with E-state index in [4.69, 9.17) is 0 Å². The second kappa shape index (κ2) is 11.3. The molecule has 2 amide bonds. The number of nitrogens with zero attached hydrogens (tertiary/aromatic N) is 6. The Kier molecular flexibility index (Phi) is 7.70. The fourth-order valence-electron chi connectivity index (χ4n) is 6.04. The van der Waals surface area contributed by atoms with E-state index in [0.29, 0.717) is 34.8 Å². The number of hydrogen-bond donors (Lipinski definition) is 0. The first-order valence-electron chi connectivity index (χ1n) is 14.5. The van der Waals surface area contributed by atoms with Crippen molar-refractivity contribution in [1.82, 2.24) is 24.0 Å². The molecule has 0 bridgehead atoms. The van der Waals surface area contributed by atoms with E-state index < -0.39 is 23.7 Å². The maximum atomic E-state index is 14.3. The Morgan fingerprint density at radius 2 is 1.82 bits per heavy atom. The van der Waals surface area contributed by atoms with Gasteiger partial charge in [0.25, 0.3) is 11.5 Å². The van der Waals surface area contributed by atoms with E-state index in [1.54, 1.807) is 29.3 Å². The summed E-state index contributed by atoms with van der Waals surface area (Å²) in [5, 5.41) is 4.66. The van der Waals surface area contributed by atoms with Gasteiger partial charge in [0.05, 0.1) is 29.7 Å². The van der Waals surface area contributed by atoms with E-state index in [2.05, 4.69) is 39.9 Å². The third-order valence-corrected chi connectivity index (χ3v) is 8.98. The monoisotopic (exact) mass is 682 g/mol. The largest absolute Gasteiger partial charge is 0.417 e. The number of amidine groups is 1. The van der Waals surface area contributed by atoms with Gasteiger partial charge < -0.3 is 4.90 Å². The van der Waals surface area contributed by atoms with Crippen molar-refractivity contribution >= 4 is 39.2 Å². The molecule has 9 nitrogen and oxygen atoms in total. The summed E-state index contributed by atoms with van der Waals surface area (Å²) in [5.41, 5.74) is 2.50. The van der Waals surface area contributed by atoms with Crippen molar-refractivity contribution in [3.8, 4) is 5.69 Å². The van der Waals surface area contributed by atoms with E-state index in [9.17, 15) is 27.6 Å². The van der Waals surface area contributed by atoms with E-state index in [1.165, 1.54) is 21.9 Å². The SMILES string of the molecule is CC(C)Cc1cnn2c3c(c(=O)n(-c4ccc(C5=NCC(=O)N5C)cc4)c12)C[C@@H](C)N(C(=O)c1ccc(Br)c(C(F)(F)F)c1)C3. The summed E-state index contributed by atoms with van der Waals surface area (Å²) in [6, 6.07) is 10.2. The number of amides is 2. The Hall–Kier alpha value is -4.26. The van der Waals surface area contributed by atoms with Crippen LogP contribution < -0.4 is 5.56 Å². The van der Waals surface area contributed by atoms with Crippen molar-refractivity contribution in [2.24, 2.45) is 10.9 Å². The molecule has 4 aromatic rings. The van der Waals surface area contributed by atoms with Crippen LogP contribution in [0.15, 0.2) is 62.9 Å². The number of hydrogen-bond acceptors (Lipinski definition) is 5. The highest BCUT2D eigenvalue weighted by atomic mass is 79.9. The standard InChI is InChI=1S/C32H30BrF3N6O3/c1-17(2)11-21-14-38-42-26-16-40(30(44)20-7-10-25(33)24(13-20)32(34,35)36)18(3)12-23(26)31(45)41(29(21)42)22-8-5-19(6-9-22)28-37-15-27(43)39(28)4/h5-10,13-14,17-18H,11-12,15-16H2,1-4H3/t18-/m1/s1. The van der Waals surface area contributed by atoms with E-state index in [-0.39, 0.29) is 46.9 Å². The molecule has 6 rings (SSSR count). The van der Waals surface area contributed by atoms with Crippen LogP contribution in [0.25, 0.3) is 11.3 Å². The Morgan fingerprint density at radius 1 is 1.11 bits per heavy atom. The normalized spacial score (nSPS) is 17.0. The lowest BCUT2D eigenvalue weighted by molar-refractivity contribution is -0.138. The van der Waals surface area contributed by atoms with Gasteiger partial charge in [-0.1, -0.05) is 29.8 Å². The average molecular weight is 684 g/mol. The second-order valence-corrected chi connectivity index (χ2v) is 12.7. The number of halogens is 4. The molecular formula is C32H30BrF3N6O3. The first kappa shape index (κ1) is 30.8. The maximum Gasteiger partial charge on any atom is 0.417 e. The highest BCUT2D eigenvalue weighted by Gasteiger charge is 2.36. The smallest absolute Gasteiger partial charge is 0.330 e. The van der Waals surface area contributed by atoms with Gasteiger partial charge in [0.1, 0.15) is 18.0 Å². The Labute approximate surface area is 265 Å². The average Bonchev–Trinajstić information content (AvgIpc) is 3.54. The van der Waals surface area contributed by atoms with Gasteiger partial charge >= 0.3 is 6.18 Å². The van der Waals surface area contributed by atoms with Gasteiger partial charge in [-0.2, -0.15) is 18.3 Å². The third-order valence-electron chi connectivity index (χ3n) is 8.29. The van der Waals surface area contributed by atoms with Crippen molar-refractivity contribution in [1.29, 1.82) is 0 Å². The molecular weight excluding hydrogens is 653 g/mol. The molecule has 1 atom stereocenters. The Morgan fingerprint density at radius 3 is 2.44 bits per heavy atom. The Bertz CT molecular complexity index is 1940. The molecule has 0 aliphatic carbocycles. The molecule has 0 spiro atoms. The molecule has 0 saturated heterocycles. The number of alkyl halides is 3. The minimum atomic E-state index is -4.63. The van der Waals surface area contributed by atoms with Crippen molar-refractivity contribution < 1.29 is 22.8 Å². The Balaban J connectivity index is 1.45. The van der Waals surface area contributed by atoms with Gasteiger partial charge in [-0.25, -0.2) is 4.52 Å². The quantitative estimate of drug-likeness (QED) is 0.287. The molecule has 0 fully saturated rings. The van der Waals surface area contributed by atoms with Crippen LogP contribution in [0.5, 0.6) is 0 Å². The molecule has 0 N–H and O–H groups in total. The molecule has 2 aliphatic heterocycles. The number of carbonyl (C=O) groups is 2. The zero-order valence-corrected chi connectivity index (χ0v) is 26.6. The fraction of sp³-hybridized carbons (Fsp3) is 0.344. The highest BCUT2D eigenvalue weighted by Crippen LogP contribution is 2.36. The summed E-state index contributed by atoms with van der Waals surface area (Å²) in [7, 11) is 1.67. The van der Waals surface area contributed by atoms with Crippen molar-refractivity contribution in [3.63, 3.8) is 0 Å². The summed E-state index contributed by atoms with van der Waals surface area (Å²) in [4.78, 5) is 47.3. The summed E-state index contributed by atoms with van der Waals surface area (Å²) < 4.78 is 44.0. The maximum absolute atomic E-state index is 14.3. The number of benzene rings is 2. The zero-order valence-electron chi connectivity index (χ0n) is 25.0. The van der Waals surface area contributed by atoms with Gasteiger partial charge in [-0.15, -0.1) is 0 Å². The van der Waals surface area contributed by atoms with Crippen LogP contribution in [0.4, 0.5) is 13.2 Å². The number of carbonyl (C=O) groups excluding carboxylic acids is 2. The van der Waals surface area contributed by atoms with Crippen LogP contribution in [0.2, 0.25) is 0 Å². The second-order valence-electron chi connectivity index (χ2n) is 11.9. The van der Waals surface area contributed by atoms with E-state index >= 15 is 0 Å². The highest BCUT2D eigenvalue weighted by molar-refractivity contribution is 9.10. The van der Waals surface area contributed by atoms with Gasteiger partial charge in [0, 0.05) is 39.8 Å². The van der Waals surface area contributed by atoms with Crippen LogP contribution in [-0.4, -0.2) is 61.3 Å². The van der Waals surface area contributed by atoms with Gasteiger partial charge in [-0.3, -0.25) is 28.8 Å². The molecule has 13 heteroatoms. The summed E-state index contributed by atoms with van der Waals surface area (Å²) in [5.74, 6) is 0.159. The van der Waals surface area contributed by atoms with E-state index in [1.807, 2.05) is 24.3 Å². The summed E-state index contributed by atoms with van der Waals surface area (Å²) in [6.07, 6.45) is -2.08. The van der Waals surface area contributed by atoms with Gasteiger partial charge in [0.15, 0.2) is 0 Å². The van der Waals surface area contributed by atoms with E-state index in [0.717, 1.165) is 17.2 Å². The lowest BCUT2D eigenvalue weighted by Gasteiger charge is -2.35. The number of likely N-dealkylation sites (N-methyl/N-ethyl adjacent to an activating group) is 1. The van der Waals surface area contributed by atoms with Crippen molar-refractivity contribution in [2.75, 3.05) is 13.6 Å². The molecule has 2 aliphatic rings. The molecule has 234 valence electrons. The first-order chi connectivity index (χ1) is 21.3. The molecule has 0 saturated carbocycles. The number of aliphatic imine (C=N–C) groups is 1. The van der Waals surface area contributed by atoms with Crippen LogP contribution in [0.3, 0.4) is 0 Å². The number of aromatic nitrogens is 3. The molecule has 4 heterocycles. The van der Waals surface area contributed by atoms with Crippen molar-refractivity contribution in [3.05, 3.63) is 97.0 Å². The lowest BCUT2D eigenvalue weighted by atomic mass is 9.97. The molecule has 0 unspecified atom stereocenters. The fourth-order valence-corrected chi connectivity index (χ4v) is 6.51. The van der Waals surface area contributed by atoms with Gasteiger partial charge in [0.2, 0.25) is 5.91 Å². The van der Waals surface area contributed by atoms with Gasteiger partial charge in [-0.05, 0) is 68.1 Å². The van der Waals surface area contributed by atoms with Crippen LogP contribution >= 0.6 is 15.9 Å². The topological polar surface area (TPSA) is 92.3 Å². The molecule has 45 heavy (non-hydrogen) atoms. The zero-order chi connectivity index (χ0) is 32.4. The predicted octanol–water partition coefficient (Wildman–Crippen LogP) is 5.27. The van der Waals surface area contributed by atoms with Crippen LogP contribution in [0.1, 0.15) is 59.1 Å². The predicted molar refractivity (Wildman–Crippen MR) is 166 cm³/mol. The van der Waals surface area contributed by atoms with Crippen LogP contribution in [-0.2, 0) is 30.4 Å². The minimum Gasteiger partial charge on any atom is -0.330 e. The third kappa shape index (κ3) is 5.36. The summed E-state index contributed by atoms with van der Waals surface area (Å²) in [6.45, 7) is 6.00. The van der Waals surface area contributed by atoms with Crippen molar-refractivity contribution in [2.45, 2.75) is 52.4 Å². The summed E-state index contributed by atoms with van der Waals surface area (Å²) >= 11 is 2.94. The number of fused-ring (bicyclic) bond motifs is 3.